The van der Waals surface area contributed by atoms with Gasteiger partial charge in [-0.15, -0.1) is 0 Å². The van der Waals surface area contributed by atoms with E-state index in [-0.39, 0.29) is 0 Å². The summed E-state index contributed by atoms with van der Waals surface area (Å²) in [5.74, 6) is 0. The maximum atomic E-state index is 9.61. The summed E-state index contributed by atoms with van der Waals surface area (Å²) in [4.78, 5) is 7.61. The smallest absolute Gasteiger partial charge is 0.211 e. The van der Waals surface area contributed by atoms with Crippen molar-refractivity contribution in [2.75, 3.05) is 0 Å². The van der Waals surface area contributed by atoms with E-state index in [4.69, 9.17) is 13.1 Å². The molecule has 9 aromatic rings. The molecule has 230 valence electrons. The van der Waals surface area contributed by atoms with Gasteiger partial charge < -0.3 is 9.13 Å². The fourth-order valence-electron chi connectivity index (χ4n) is 7.32. The lowest BCUT2D eigenvalue weighted by atomic mass is 9.98. The number of benzene rings is 7. The van der Waals surface area contributed by atoms with Crippen LogP contribution >= 0.6 is 0 Å². The average Bonchev–Trinajstić information content (AvgIpc) is 3.70. The Bertz CT molecular complexity index is 2940. The van der Waals surface area contributed by atoms with Gasteiger partial charge in [-0.2, -0.15) is 5.26 Å². The Morgan fingerprint density at radius 2 is 1.12 bits per heavy atom. The number of nitrogens with zero attached hydrogens (tertiary/aromatic N) is 5. The Kier molecular flexibility index (Phi) is 6.56. The number of aromatic nitrogens is 2. The van der Waals surface area contributed by atoms with E-state index in [9.17, 15) is 5.26 Å². The molecule has 0 saturated carbocycles. The zero-order valence-corrected chi connectivity index (χ0v) is 26.7. The minimum atomic E-state index is 0.562. The van der Waals surface area contributed by atoms with Crippen LogP contribution in [0.4, 0.5) is 11.4 Å². The summed E-state index contributed by atoms with van der Waals surface area (Å²) in [6.07, 6.45) is 0. The van der Waals surface area contributed by atoms with Gasteiger partial charge in [0.2, 0.25) is 5.69 Å². The van der Waals surface area contributed by atoms with E-state index in [1.54, 1.807) is 0 Å². The number of fused-ring (bicyclic) bond motifs is 6. The van der Waals surface area contributed by atoms with Crippen molar-refractivity contribution >= 4 is 55.0 Å². The third kappa shape index (κ3) is 4.38. The van der Waals surface area contributed by atoms with Crippen molar-refractivity contribution in [3.05, 3.63) is 180 Å². The van der Waals surface area contributed by atoms with Gasteiger partial charge >= 0.3 is 0 Å². The maximum absolute atomic E-state index is 9.61. The van der Waals surface area contributed by atoms with Crippen LogP contribution in [-0.2, 0) is 0 Å². The molecule has 2 aromatic heterocycles. The quantitative estimate of drug-likeness (QED) is 0.177. The van der Waals surface area contributed by atoms with E-state index in [0.29, 0.717) is 16.9 Å². The van der Waals surface area contributed by atoms with Crippen LogP contribution in [0.1, 0.15) is 5.56 Å². The van der Waals surface area contributed by atoms with Crippen molar-refractivity contribution in [3.63, 3.8) is 0 Å². The highest BCUT2D eigenvalue weighted by Gasteiger charge is 2.18. The second kappa shape index (κ2) is 11.4. The molecule has 0 aliphatic rings. The number of hydrogen-bond donors (Lipinski definition) is 0. The highest BCUT2D eigenvalue weighted by Crippen LogP contribution is 2.40. The molecule has 0 atom stereocenters. The van der Waals surface area contributed by atoms with E-state index < -0.39 is 0 Å². The molecule has 0 N–H and O–H groups in total. The van der Waals surface area contributed by atoms with Crippen LogP contribution in [0.15, 0.2) is 152 Å². The Labute approximate surface area is 288 Å². The van der Waals surface area contributed by atoms with Crippen molar-refractivity contribution in [3.8, 4) is 39.7 Å². The van der Waals surface area contributed by atoms with Crippen molar-refractivity contribution in [2.24, 2.45) is 0 Å². The molecule has 0 amide bonds. The normalized spacial score (nSPS) is 11.1. The van der Waals surface area contributed by atoms with Gasteiger partial charge in [0, 0.05) is 33.1 Å². The molecule has 50 heavy (non-hydrogen) atoms. The van der Waals surface area contributed by atoms with E-state index in [0.717, 1.165) is 77.2 Å². The molecule has 0 aliphatic heterocycles. The van der Waals surface area contributed by atoms with Crippen LogP contribution in [0.25, 0.3) is 86.9 Å². The zero-order chi connectivity index (χ0) is 33.8. The van der Waals surface area contributed by atoms with Crippen LogP contribution < -0.4 is 0 Å². The molecule has 0 spiro atoms. The van der Waals surface area contributed by atoms with E-state index in [2.05, 4.69) is 104 Å². The molecule has 0 fully saturated rings. The van der Waals surface area contributed by atoms with Crippen molar-refractivity contribution in [1.29, 1.82) is 5.26 Å². The second-order valence-electron chi connectivity index (χ2n) is 12.3. The summed E-state index contributed by atoms with van der Waals surface area (Å²) in [5.41, 5.74) is 11.9. The van der Waals surface area contributed by atoms with Gasteiger partial charge in [-0.25, -0.2) is 9.69 Å². The van der Waals surface area contributed by atoms with Crippen LogP contribution in [-0.4, -0.2) is 9.13 Å². The first-order valence-electron chi connectivity index (χ1n) is 16.2. The molecule has 7 aromatic carbocycles. The Hall–Kier alpha value is -7.39. The topological polar surface area (TPSA) is 42.4 Å². The minimum Gasteiger partial charge on any atom is -0.319 e. The largest absolute Gasteiger partial charge is 0.319 e. The Morgan fingerprint density at radius 3 is 1.82 bits per heavy atom. The van der Waals surface area contributed by atoms with Gasteiger partial charge in [0.15, 0.2) is 5.69 Å². The van der Waals surface area contributed by atoms with E-state index >= 15 is 0 Å². The lowest BCUT2D eigenvalue weighted by molar-refractivity contribution is 1.18. The summed E-state index contributed by atoms with van der Waals surface area (Å²) in [6, 6.07) is 53.4. The monoisotopic (exact) mass is 635 g/mol. The molecular formula is C45H25N5. The lowest BCUT2D eigenvalue weighted by Gasteiger charge is -2.15. The standard InChI is InChI=1S/C45H25N5/c1-47-33-21-24-35(44(27-33)50-42-13-6-4-9-37(42)39-26-29(28-46)14-25-43(39)50)32-17-15-30(16-18-32)31-19-22-34(23-20-31)49-41-12-5-3-8-36(41)38-10-7-11-40(48-2)45(38)49/h3-27H. The number of nitriles is 1. The summed E-state index contributed by atoms with van der Waals surface area (Å²) in [6.45, 7) is 15.6. The van der Waals surface area contributed by atoms with Gasteiger partial charge in [-0.05, 0) is 70.6 Å². The molecular weight excluding hydrogens is 611 g/mol. The number of hydrogen-bond acceptors (Lipinski definition) is 1. The van der Waals surface area contributed by atoms with Gasteiger partial charge in [0.05, 0.1) is 46.8 Å². The summed E-state index contributed by atoms with van der Waals surface area (Å²) >= 11 is 0. The van der Waals surface area contributed by atoms with Gasteiger partial charge in [0.25, 0.3) is 0 Å². The van der Waals surface area contributed by atoms with Crippen molar-refractivity contribution in [2.45, 2.75) is 0 Å². The summed E-state index contributed by atoms with van der Waals surface area (Å²) < 4.78 is 4.39. The lowest BCUT2D eigenvalue weighted by Crippen LogP contribution is -1.97. The van der Waals surface area contributed by atoms with Gasteiger partial charge in [0.1, 0.15) is 0 Å². The van der Waals surface area contributed by atoms with Gasteiger partial charge in [-0.3, -0.25) is 0 Å². The fraction of sp³-hybridized carbons (Fsp3) is 0. The molecule has 5 nitrogen and oxygen atoms in total. The number of para-hydroxylation sites is 3. The fourth-order valence-corrected chi connectivity index (χ4v) is 7.32. The molecule has 0 bridgehead atoms. The van der Waals surface area contributed by atoms with Crippen molar-refractivity contribution < 1.29 is 0 Å². The molecule has 9 rings (SSSR count). The number of rotatable bonds is 4. The highest BCUT2D eigenvalue weighted by atomic mass is 15.0. The predicted molar refractivity (Wildman–Crippen MR) is 203 cm³/mol. The molecule has 0 radical (unpaired) electrons. The van der Waals surface area contributed by atoms with Crippen LogP contribution in [0, 0.1) is 24.5 Å². The third-order valence-electron chi connectivity index (χ3n) is 9.60. The molecule has 0 saturated heterocycles. The minimum absolute atomic E-state index is 0.562. The highest BCUT2D eigenvalue weighted by molar-refractivity contribution is 6.13. The van der Waals surface area contributed by atoms with Crippen LogP contribution in [0.3, 0.4) is 0 Å². The Balaban J connectivity index is 1.13. The SMILES string of the molecule is [C-]#[N+]c1ccc(-c2ccc(-c3ccc(-n4c5ccccc5c5cccc([N+]#[C-])c54)cc3)cc2)c(-n2c3ccccc3c3cc(C#N)ccc32)c1. The summed E-state index contributed by atoms with van der Waals surface area (Å²) in [5, 5.41) is 13.9. The third-order valence-corrected chi connectivity index (χ3v) is 9.60. The first kappa shape index (κ1) is 28.8. The van der Waals surface area contributed by atoms with E-state index in [1.807, 2.05) is 72.8 Å². The molecule has 0 aliphatic carbocycles. The second-order valence-corrected chi connectivity index (χ2v) is 12.3. The molecule has 0 unspecified atom stereocenters. The molecule has 2 heterocycles. The van der Waals surface area contributed by atoms with Gasteiger partial charge in [-0.1, -0.05) is 103 Å². The van der Waals surface area contributed by atoms with Crippen molar-refractivity contribution in [1.82, 2.24) is 9.13 Å². The first-order valence-corrected chi connectivity index (χ1v) is 16.2. The Morgan fingerprint density at radius 1 is 0.500 bits per heavy atom. The average molecular weight is 636 g/mol. The zero-order valence-electron chi connectivity index (χ0n) is 26.7. The first-order chi connectivity index (χ1) is 24.7. The maximum Gasteiger partial charge on any atom is 0.211 e. The molecule has 5 heteroatoms. The van der Waals surface area contributed by atoms with Crippen LogP contribution in [0.5, 0.6) is 0 Å². The predicted octanol–water partition coefficient (Wildman–Crippen LogP) is 12.2. The van der Waals surface area contributed by atoms with E-state index in [1.165, 1.54) is 0 Å². The summed E-state index contributed by atoms with van der Waals surface area (Å²) in [7, 11) is 0. The van der Waals surface area contributed by atoms with Crippen LogP contribution in [0.2, 0.25) is 0 Å².